The average Bonchev–Trinajstić information content (AvgIpc) is 2.21. The minimum absolute atomic E-state index is 0.709. The Hall–Kier alpha value is -1.04. The minimum Gasteiger partial charge on any atom is -0.106 e. The van der Waals surface area contributed by atoms with Crippen molar-refractivity contribution >= 4 is 0 Å². The van der Waals surface area contributed by atoms with Crippen LogP contribution in [0, 0.1) is 0 Å². The monoisotopic (exact) mass is 162 g/mol. The first kappa shape index (κ1) is 11.0. The van der Waals surface area contributed by atoms with E-state index in [1.165, 1.54) is 12.0 Å². The van der Waals surface area contributed by atoms with Gasteiger partial charge in [-0.3, -0.25) is 0 Å². The molecular weight excluding hydrogens is 144 g/mol. The Morgan fingerprint density at radius 1 is 1.17 bits per heavy atom. The summed E-state index contributed by atoms with van der Waals surface area (Å²) in [6, 6.07) is 10.6. The van der Waals surface area contributed by atoms with Crippen LogP contribution in [0.25, 0.3) is 0 Å². The third-order valence-corrected chi connectivity index (χ3v) is 1.98. The van der Waals surface area contributed by atoms with Crippen molar-refractivity contribution in [1.82, 2.24) is 0 Å². The van der Waals surface area contributed by atoms with Crippen molar-refractivity contribution < 1.29 is 0 Å². The summed E-state index contributed by atoms with van der Waals surface area (Å²) < 4.78 is 0. The maximum Gasteiger partial charge on any atom is -0.0193 e. The van der Waals surface area contributed by atoms with Crippen molar-refractivity contribution in [2.75, 3.05) is 0 Å². The van der Waals surface area contributed by atoms with Gasteiger partial charge in [0.05, 0.1) is 0 Å². The van der Waals surface area contributed by atoms with Gasteiger partial charge in [0.15, 0.2) is 0 Å². The second kappa shape index (κ2) is 6.66. The molecule has 12 heavy (non-hydrogen) atoms. The van der Waals surface area contributed by atoms with Gasteiger partial charge in [-0.1, -0.05) is 44.2 Å². The van der Waals surface area contributed by atoms with Crippen LogP contribution in [0.15, 0.2) is 43.5 Å². The summed E-state index contributed by atoms with van der Waals surface area (Å²) in [7, 11) is 0. The van der Waals surface area contributed by atoms with E-state index >= 15 is 0 Å². The molecule has 1 aromatic rings. The van der Waals surface area contributed by atoms with E-state index in [2.05, 4.69) is 57.3 Å². The van der Waals surface area contributed by atoms with Crippen molar-refractivity contribution in [3.05, 3.63) is 49.1 Å². The standard InChI is InChI=1S/C10H14.C2H4/c1-3-9(2)10-7-5-4-6-8-10;1-2/h4-9H,3H2,1-2H3;1-2H2. The van der Waals surface area contributed by atoms with Crippen LogP contribution in [-0.2, 0) is 0 Å². The summed E-state index contributed by atoms with van der Waals surface area (Å²) in [6.45, 7) is 10.5. The van der Waals surface area contributed by atoms with Gasteiger partial charge in [-0.15, -0.1) is 13.2 Å². The fourth-order valence-electron chi connectivity index (χ4n) is 1.02. The lowest BCUT2D eigenvalue weighted by Gasteiger charge is -2.06. The lowest BCUT2D eigenvalue weighted by atomic mass is 9.99. The molecule has 0 amide bonds. The Balaban J connectivity index is 0.000000561. The molecule has 0 heteroatoms. The number of rotatable bonds is 2. The molecule has 0 N–H and O–H groups in total. The summed E-state index contributed by atoms with van der Waals surface area (Å²) in [5.41, 5.74) is 1.45. The van der Waals surface area contributed by atoms with Gasteiger partial charge in [0.2, 0.25) is 0 Å². The number of benzene rings is 1. The maximum atomic E-state index is 3.00. The number of hydrogen-bond donors (Lipinski definition) is 0. The summed E-state index contributed by atoms with van der Waals surface area (Å²) >= 11 is 0. The Morgan fingerprint density at radius 3 is 2.08 bits per heavy atom. The van der Waals surface area contributed by atoms with Gasteiger partial charge in [0.1, 0.15) is 0 Å². The highest BCUT2D eigenvalue weighted by molar-refractivity contribution is 5.18. The maximum absolute atomic E-state index is 3.00. The quantitative estimate of drug-likeness (QED) is 0.576. The average molecular weight is 162 g/mol. The second-order valence-corrected chi connectivity index (χ2v) is 2.72. The molecule has 0 saturated heterocycles. The molecule has 1 unspecified atom stereocenters. The topological polar surface area (TPSA) is 0 Å². The predicted octanol–water partition coefficient (Wildman–Crippen LogP) is 4.00. The van der Waals surface area contributed by atoms with E-state index in [1.807, 2.05) is 0 Å². The fraction of sp³-hybridized carbons (Fsp3) is 0.333. The van der Waals surface area contributed by atoms with E-state index in [1.54, 1.807) is 0 Å². The molecule has 0 spiro atoms. The minimum atomic E-state index is 0.709. The summed E-state index contributed by atoms with van der Waals surface area (Å²) in [5, 5.41) is 0. The van der Waals surface area contributed by atoms with Crippen molar-refractivity contribution in [3.63, 3.8) is 0 Å². The van der Waals surface area contributed by atoms with Crippen molar-refractivity contribution in [2.24, 2.45) is 0 Å². The molecule has 0 heterocycles. The molecule has 0 bridgehead atoms. The van der Waals surface area contributed by atoms with E-state index in [4.69, 9.17) is 0 Å². The molecule has 0 fully saturated rings. The van der Waals surface area contributed by atoms with E-state index in [9.17, 15) is 0 Å². The first-order valence-electron chi connectivity index (χ1n) is 4.39. The van der Waals surface area contributed by atoms with Crippen molar-refractivity contribution in [2.45, 2.75) is 26.2 Å². The molecule has 1 rings (SSSR count). The van der Waals surface area contributed by atoms with Crippen LogP contribution < -0.4 is 0 Å². The zero-order valence-corrected chi connectivity index (χ0v) is 8.09. The molecule has 1 aromatic carbocycles. The Morgan fingerprint density at radius 2 is 1.67 bits per heavy atom. The zero-order chi connectivity index (χ0) is 9.40. The van der Waals surface area contributed by atoms with Gasteiger partial charge >= 0.3 is 0 Å². The third-order valence-electron chi connectivity index (χ3n) is 1.98. The van der Waals surface area contributed by atoms with Gasteiger partial charge in [-0.25, -0.2) is 0 Å². The zero-order valence-electron chi connectivity index (χ0n) is 8.09. The molecule has 0 radical (unpaired) electrons. The lowest BCUT2D eigenvalue weighted by molar-refractivity contribution is 0.733. The van der Waals surface area contributed by atoms with E-state index in [0.717, 1.165) is 0 Å². The SMILES string of the molecule is C=C.CCC(C)c1ccccc1. The summed E-state index contributed by atoms with van der Waals surface area (Å²) in [5.74, 6) is 0.709. The van der Waals surface area contributed by atoms with Crippen LogP contribution in [0.4, 0.5) is 0 Å². The van der Waals surface area contributed by atoms with E-state index in [0.29, 0.717) is 5.92 Å². The van der Waals surface area contributed by atoms with Crippen molar-refractivity contribution in [1.29, 1.82) is 0 Å². The van der Waals surface area contributed by atoms with Crippen LogP contribution in [0.5, 0.6) is 0 Å². The Labute approximate surface area is 75.9 Å². The van der Waals surface area contributed by atoms with E-state index < -0.39 is 0 Å². The Bertz CT molecular complexity index is 188. The molecule has 0 aliphatic heterocycles. The highest BCUT2D eigenvalue weighted by atomic mass is 14.0. The molecule has 66 valence electrons. The molecule has 0 aliphatic rings. The lowest BCUT2D eigenvalue weighted by Crippen LogP contribution is -1.88. The van der Waals surface area contributed by atoms with Crippen LogP contribution in [0.3, 0.4) is 0 Å². The summed E-state index contributed by atoms with van der Waals surface area (Å²) in [4.78, 5) is 0. The van der Waals surface area contributed by atoms with Crippen molar-refractivity contribution in [3.8, 4) is 0 Å². The Kier molecular flexibility index (Phi) is 6.08. The first-order chi connectivity index (χ1) is 5.84. The fourth-order valence-corrected chi connectivity index (χ4v) is 1.02. The molecule has 0 aromatic heterocycles. The smallest absolute Gasteiger partial charge is 0.0193 e. The predicted molar refractivity (Wildman–Crippen MR) is 56.4 cm³/mol. The molecule has 0 saturated carbocycles. The van der Waals surface area contributed by atoms with Gasteiger partial charge in [0, 0.05) is 0 Å². The van der Waals surface area contributed by atoms with Gasteiger partial charge < -0.3 is 0 Å². The largest absolute Gasteiger partial charge is 0.106 e. The highest BCUT2D eigenvalue weighted by Crippen LogP contribution is 2.16. The molecule has 0 nitrogen and oxygen atoms in total. The molecule has 1 atom stereocenters. The van der Waals surface area contributed by atoms with E-state index in [-0.39, 0.29) is 0 Å². The first-order valence-corrected chi connectivity index (χ1v) is 4.39. The summed E-state index contributed by atoms with van der Waals surface area (Å²) in [6.07, 6.45) is 1.23. The van der Waals surface area contributed by atoms with Crippen LogP contribution in [-0.4, -0.2) is 0 Å². The highest BCUT2D eigenvalue weighted by Gasteiger charge is 1.98. The van der Waals surface area contributed by atoms with Gasteiger partial charge in [-0.05, 0) is 17.9 Å². The van der Waals surface area contributed by atoms with Crippen LogP contribution in [0.1, 0.15) is 31.7 Å². The number of hydrogen-bond acceptors (Lipinski definition) is 0. The van der Waals surface area contributed by atoms with Crippen LogP contribution >= 0.6 is 0 Å². The third kappa shape index (κ3) is 3.38. The second-order valence-electron chi connectivity index (χ2n) is 2.72. The normalized spacial score (nSPS) is 11.2. The molecular formula is C12H18. The van der Waals surface area contributed by atoms with Gasteiger partial charge in [0.25, 0.3) is 0 Å². The van der Waals surface area contributed by atoms with Gasteiger partial charge in [-0.2, -0.15) is 0 Å². The molecule has 0 aliphatic carbocycles. The van der Waals surface area contributed by atoms with Crippen LogP contribution in [0.2, 0.25) is 0 Å².